The average molecular weight is 531 g/mol. The highest BCUT2D eigenvalue weighted by Gasteiger charge is 2.32. The molecular weight excluding hydrogens is 516 g/mol. The Hall–Kier alpha value is -2.92. The zero-order chi connectivity index (χ0) is 25.1. The summed E-state index contributed by atoms with van der Waals surface area (Å²) in [4.78, 5) is 11.4. The number of hydrogen-bond donors (Lipinski definition) is 2. The molecule has 0 heterocycles. The van der Waals surface area contributed by atoms with Crippen molar-refractivity contribution in [1.82, 2.24) is 5.43 Å². The highest BCUT2D eigenvalue weighted by Crippen LogP contribution is 2.37. The molecule has 3 aromatic carbocycles. The molecule has 0 saturated carbocycles. The van der Waals surface area contributed by atoms with Crippen LogP contribution in [0.5, 0.6) is 0 Å². The molecule has 2 N–H and O–H groups in total. The van der Waals surface area contributed by atoms with Crippen molar-refractivity contribution in [2.45, 2.75) is 17.5 Å². The molecule has 12 heteroatoms. The average Bonchev–Trinajstić information content (AvgIpc) is 2.73. The molecule has 0 spiro atoms. The van der Waals surface area contributed by atoms with Gasteiger partial charge in [0.15, 0.2) is 0 Å². The third kappa shape index (κ3) is 6.35. The molecule has 0 radical (unpaired) electrons. The number of benzene rings is 3. The van der Waals surface area contributed by atoms with Crippen LogP contribution in [0.2, 0.25) is 10.0 Å². The van der Waals surface area contributed by atoms with Gasteiger partial charge in [-0.3, -0.25) is 9.35 Å². The van der Waals surface area contributed by atoms with E-state index >= 15 is 0 Å². The summed E-state index contributed by atoms with van der Waals surface area (Å²) in [5.74, 6) is -0.509. The number of hydrogen-bond acceptors (Lipinski definition) is 4. The lowest BCUT2D eigenvalue weighted by molar-refractivity contribution is -0.137. The van der Waals surface area contributed by atoms with E-state index < -0.39 is 38.2 Å². The van der Waals surface area contributed by atoms with Crippen molar-refractivity contribution in [3.63, 3.8) is 0 Å². The summed E-state index contributed by atoms with van der Waals surface area (Å²) in [7, 11) is -4.88. The van der Waals surface area contributed by atoms with Gasteiger partial charge in [0.2, 0.25) is 5.91 Å². The van der Waals surface area contributed by atoms with Gasteiger partial charge in [-0.25, -0.2) is 5.43 Å². The Bertz CT molecular complexity index is 1380. The smallest absolute Gasteiger partial charge is 0.282 e. The predicted molar refractivity (Wildman–Crippen MR) is 123 cm³/mol. The molecule has 0 saturated heterocycles. The van der Waals surface area contributed by atoms with Crippen molar-refractivity contribution in [3.05, 3.63) is 87.4 Å². The highest BCUT2D eigenvalue weighted by molar-refractivity contribution is 7.86. The second-order valence-electron chi connectivity index (χ2n) is 6.98. The number of carbonyl (C=O) groups is 1. The monoisotopic (exact) mass is 530 g/mol. The maximum atomic E-state index is 13.3. The first kappa shape index (κ1) is 25.7. The summed E-state index contributed by atoms with van der Waals surface area (Å²) in [5.41, 5.74) is 1.29. The van der Waals surface area contributed by atoms with E-state index in [1.807, 2.05) is 0 Å². The van der Waals surface area contributed by atoms with Gasteiger partial charge in [-0.2, -0.15) is 26.7 Å². The highest BCUT2D eigenvalue weighted by atomic mass is 35.5. The molecule has 1 amide bonds. The molecule has 0 bridgehead atoms. The number of hydrazone groups is 1. The largest absolute Gasteiger partial charge is 0.416 e. The van der Waals surface area contributed by atoms with Gasteiger partial charge in [0, 0.05) is 16.1 Å². The molecule has 0 atom stereocenters. The second kappa shape index (κ2) is 10.1. The van der Waals surface area contributed by atoms with E-state index in [4.69, 9.17) is 23.2 Å². The van der Waals surface area contributed by atoms with Gasteiger partial charge in [-0.1, -0.05) is 47.5 Å². The molecule has 0 aliphatic heterocycles. The third-order valence-electron chi connectivity index (χ3n) is 4.56. The summed E-state index contributed by atoms with van der Waals surface area (Å²) in [5, 5.41) is 4.26. The fourth-order valence-electron chi connectivity index (χ4n) is 3.09. The fourth-order valence-corrected chi connectivity index (χ4v) is 4.21. The standard InChI is InChI=1S/C22H15Cl2F3N2O4S/c23-15-4-1-3-13(9-15)10-21(30)29-28-12-18-16(5-2-6-19(18)24)17-11-14(22(25,26)27)7-8-20(17)34(31,32)33/h1-9,11-12H,10H2,(H,29,30)(H,31,32,33). The summed E-state index contributed by atoms with van der Waals surface area (Å²) in [6, 6.07) is 12.5. The van der Waals surface area contributed by atoms with Gasteiger partial charge >= 0.3 is 6.18 Å². The van der Waals surface area contributed by atoms with Gasteiger partial charge in [0.1, 0.15) is 4.90 Å². The molecule has 3 aromatic rings. The van der Waals surface area contributed by atoms with E-state index in [2.05, 4.69) is 10.5 Å². The molecule has 0 unspecified atom stereocenters. The first-order valence-electron chi connectivity index (χ1n) is 9.40. The minimum absolute atomic E-state index is 0.0176. The molecule has 34 heavy (non-hydrogen) atoms. The number of amides is 1. The van der Waals surface area contributed by atoms with E-state index in [0.29, 0.717) is 28.8 Å². The normalized spacial score (nSPS) is 12.2. The first-order valence-corrected chi connectivity index (χ1v) is 11.6. The van der Waals surface area contributed by atoms with E-state index in [1.54, 1.807) is 24.3 Å². The van der Waals surface area contributed by atoms with Crippen LogP contribution in [-0.2, 0) is 27.5 Å². The van der Waals surface area contributed by atoms with Crippen LogP contribution in [-0.4, -0.2) is 25.1 Å². The second-order valence-corrected chi connectivity index (χ2v) is 9.22. The number of nitrogens with zero attached hydrogens (tertiary/aromatic N) is 1. The van der Waals surface area contributed by atoms with Crippen LogP contribution in [0.3, 0.4) is 0 Å². The molecule has 0 aliphatic rings. The topological polar surface area (TPSA) is 95.8 Å². The summed E-state index contributed by atoms with van der Waals surface area (Å²) >= 11 is 12.1. The van der Waals surface area contributed by atoms with Crippen molar-refractivity contribution in [2.24, 2.45) is 5.10 Å². The molecule has 3 rings (SSSR count). The Balaban J connectivity index is 1.98. The predicted octanol–water partition coefficient (Wildman–Crippen LogP) is 5.62. The zero-order valence-electron chi connectivity index (χ0n) is 17.0. The summed E-state index contributed by atoms with van der Waals surface area (Å²) in [6.45, 7) is 0. The SMILES string of the molecule is O=C(Cc1cccc(Cl)c1)NN=Cc1c(Cl)cccc1-c1cc(C(F)(F)F)ccc1S(=O)(=O)O. The Morgan fingerprint density at radius 1 is 1.03 bits per heavy atom. The Kier molecular flexibility index (Phi) is 7.67. The van der Waals surface area contributed by atoms with Crippen molar-refractivity contribution in [3.8, 4) is 11.1 Å². The van der Waals surface area contributed by atoms with Crippen LogP contribution in [0.15, 0.2) is 70.7 Å². The number of rotatable bonds is 6. The van der Waals surface area contributed by atoms with Crippen molar-refractivity contribution in [1.29, 1.82) is 0 Å². The van der Waals surface area contributed by atoms with Gasteiger partial charge in [0.25, 0.3) is 10.1 Å². The molecule has 0 aliphatic carbocycles. The maximum absolute atomic E-state index is 13.3. The minimum atomic E-state index is -4.88. The molecule has 0 aromatic heterocycles. The van der Waals surface area contributed by atoms with E-state index in [-0.39, 0.29) is 22.6 Å². The quantitative estimate of drug-likeness (QED) is 0.245. The van der Waals surface area contributed by atoms with E-state index in [1.165, 1.54) is 18.2 Å². The molecular formula is C22H15Cl2F3N2O4S. The van der Waals surface area contributed by atoms with E-state index in [0.717, 1.165) is 6.21 Å². The number of carbonyl (C=O) groups excluding carboxylic acids is 1. The first-order chi connectivity index (χ1) is 15.9. The van der Waals surface area contributed by atoms with E-state index in [9.17, 15) is 30.9 Å². The van der Waals surface area contributed by atoms with Gasteiger partial charge < -0.3 is 0 Å². The third-order valence-corrected chi connectivity index (χ3v) is 6.04. The molecule has 0 fully saturated rings. The van der Waals surface area contributed by atoms with Crippen LogP contribution in [0.25, 0.3) is 11.1 Å². The zero-order valence-corrected chi connectivity index (χ0v) is 19.3. The minimum Gasteiger partial charge on any atom is -0.282 e. The Morgan fingerprint density at radius 3 is 2.38 bits per heavy atom. The Morgan fingerprint density at radius 2 is 1.74 bits per heavy atom. The Labute approximate surface area is 202 Å². The van der Waals surface area contributed by atoms with Crippen LogP contribution in [0.4, 0.5) is 13.2 Å². The number of nitrogens with one attached hydrogen (secondary N) is 1. The summed E-state index contributed by atoms with van der Waals surface area (Å²) in [6.07, 6.45) is -3.75. The van der Waals surface area contributed by atoms with Crippen molar-refractivity contribution < 1.29 is 30.9 Å². The van der Waals surface area contributed by atoms with Crippen molar-refractivity contribution in [2.75, 3.05) is 0 Å². The fraction of sp³-hybridized carbons (Fsp3) is 0.0909. The lowest BCUT2D eigenvalue weighted by atomic mass is 9.98. The van der Waals surface area contributed by atoms with Crippen LogP contribution in [0.1, 0.15) is 16.7 Å². The van der Waals surface area contributed by atoms with Crippen molar-refractivity contribution >= 4 is 45.4 Å². The van der Waals surface area contributed by atoms with Crippen LogP contribution >= 0.6 is 23.2 Å². The maximum Gasteiger partial charge on any atom is 0.416 e. The summed E-state index contributed by atoms with van der Waals surface area (Å²) < 4.78 is 73.0. The van der Waals surface area contributed by atoms with Crippen LogP contribution < -0.4 is 5.43 Å². The van der Waals surface area contributed by atoms with Crippen LogP contribution in [0, 0.1) is 0 Å². The number of alkyl halides is 3. The van der Waals surface area contributed by atoms with Gasteiger partial charge in [-0.15, -0.1) is 0 Å². The van der Waals surface area contributed by atoms with Gasteiger partial charge in [0.05, 0.1) is 23.2 Å². The lowest BCUT2D eigenvalue weighted by Gasteiger charge is -2.14. The number of halogens is 5. The van der Waals surface area contributed by atoms with Gasteiger partial charge in [-0.05, 0) is 47.5 Å². The lowest BCUT2D eigenvalue weighted by Crippen LogP contribution is -2.19. The molecule has 6 nitrogen and oxygen atoms in total. The molecule has 178 valence electrons.